The van der Waals surface area contributed by atoms with E-state index >= 15 is 0 Å². The van der Waals surface area contributed by atoms with E-state index in [4.69, 9.17) is 10.2 Å². The lowest BCUT2D eigenvalue weighted by atomic mass is 10.2. The number of aliphatic hydroxyl groups excluding tert-OH is 1. The van der Waals surface area contributed by atoms with Gasteiger partial charge in [0, 0.05) is 7.85 Å². The minimum atomic E-state index is -1.74. The van der Waals surface area contributed by atoms with Crippen LogP contribution in [0.4, 0.5) is 0 Å². The van der Waals surface area contributed by atoms with E-state index in [1.807, 2.05) is 0 Å². The summed E-state index contributed by atoms with van der Waals surface area (Å²) in [6, 6.07) is 8.42. The van der Waals surface area contributed by atoms with Gasteiger partial charge in [0.25, 0.3) is 6.48 Å². The van der Waals surface area contributed by atoms with Crippen LogP contribution < -0.4 is 5.32 Å². The van der Waals surface area contributed by atoms with Gasteiger partial charge in [-0.1, -0.05) is 35.4 Å². The maximum absolute atomic E-state index is 10.6. The average molecular weight is 269 g/mol. The standard InChI is InChI=1S/C8H10.C6H11NO4.H2/c1-7-3-5-8(2)6-4-7;8-5-2-1-4(7-5)3-11-6(9)10;/h3-6H,1-2H3;4,6,9-10H,1-3H2,(H,7,8);1H/t;4-;/m.0./s1. The molecule has 108 valence electrons. The monoisotopic (exact) mass is 269 g/mol. The Morgan fingerprint density at radius 1 is 1.32 bits per heavy atom. The van der Waals surface area contributed by atoms with E-state index in [-0.39, 0.29) is 20.0 Å². The molecule has 0 radical (unpaired) electrons. The zero-order chi connectivity index (χ0) is 14.3. The van der Waals surface area contributed by atoms with Gasteiger partial charge in [-0.3, -0.25) is 4.79 Å². The third-order valence-electron chi connectivity index (χ3n) is 2.75. The molecule has 1 saturated heterocycles. The van der Waals surface area contributed by atoms with Crippen LogP contribution in [0.1, 0.15) is 25.4 Å². The fourth-order valence-corrected chi connectivity index (χ4v) is 1.64. The van der Waals surface area contributed by atoms with Crippen molar-refractivity contribution in [2.75, 3.05) is 6.61 Å². The number of ether oxygens (including phenoxy) is 1. The minimum absolute atomic E-state index is 0. The van der Waals surface area contributed by atoms with Gasteiger partial charge in [-0.2, -0.15) is 0 Å². The second-order valence-electron chi connectivity index (χ2n) is 4.62. The SMILES string of the molecule is Cc1ccc(C)cc1.O=C1CC[C@@H](COC(O)O)N1.[HH]. The van der Waals surface area contributed by atoms with E-state index in [1.165, 1.54) is 11.1 Å². The van der Waals surface area contributed by atoms with Crippen LogP contribution in [0.5, 0.6) is 0 Å². The summed E-state index contributed by atoms with van der Waals surface area (Å²) in [5.74, 6) is -0.00831. The smallest absolute Gasteiger partial charge is 0.266 e. The molecule has 3 N–H and O–H groups in total. The summed E-state index contributed by atoms with van der Waals surface area (Å²) in [5.41, 5.74) is 2.66. The number of nitrogens with one attached hydrogen (secondary N) is 1. The highest BCUT2D eigenvalue weighted by molar-refractivity contribution is 5.78. The van der Waals surface area contributed by atoms with Gasteiger partial charge in [-0.15, -0.1) is 0 Å². The second kappa shape index (κ2) is 7.89. The first-order valence-electron chi connectivity index (χ1n) is 6.27. The number of hydrogen-bond donors (Lipinski definition) is 3. The van der Waals surface area contributed by atoms with Crippen LogP contribution in [0, 0.1) is 13.8 Å². The van der Waals surface area contributed by atoms with Crippen molar-refractivity contribution in [3.8, 4) is 0 Å². The zero-order valence-electron chi connectivity index (χ0n) is 11.3. The summed E-state index contributed by atoms with van der Waals surface area (Å²) >= 11 is 0. The number of amides is 1. The Labute approximate surface area is 114 Å². The Hall–Kier alpha value is -1.43. The van der Waals surface area contributed by atoms with Crippen molar-refractivity contribution >= 4 is 5.91 Å². The molecule has 0 saturated carbocycles. The molecule has 1 fully saturated rings. The molecule has 1 aromatic carbocycles. The molecule has 0 bridgehead atoms. The van der Waals surface area contributed by atoms with E-state index in [0.717, 1.165) is 0 Å². The predicted octanol–water partition coefficient (Wildman–Crippen LogP) is 1.10. The highest BCUT2D eigenvalue weighted by Crippen LogP contribution is 2.06. The number of carbonyl (C=O) groups is 1. The van der Waals surface area contributed by atoms with Crippen molar-refractivity contribution in [3.63, 3.8) is 0 Å². The van der Waals surface area contributed by atoms with E-state index in [9.17, 15) is 4.79 Å². The van der Waals surface area contributed by atoms with Gasteiger partial charge >= 0.3 is 0 Å². The first kappa shape index (κ1) is 15.6. The first-order chi connectivity index (χ1) is 8.97. The Bertz CT molecular complexity index is 374. The third kappa shape index (κ3) is 6.91. The summed E-state index contributed by atoms with van der Waals surface area (Å²) < 4.78 is 4.47. The van der Waals surface area contributed by atoms with Gasteiger partial charge in [0.15, 0.2) is 0 Å². The maximum atomic E-state index is 10.6. The molecule has 0 aliphatic carbocycles. The number of carbonyl (C=O) groups excluding carboxylic acids is 1. The van der Waals surface area contributed by atoms with Crippen LogP contribution in [0.2, 0.25) is 0 Å². The maximum Gasteiger partial charge on any atom is 0.266 e. The van der Waals surface area contributed by atoms with Gasteiger partial charge in [-0.25, -0.2) is 0 Å². The molecular weight excluding hydrogens is 246 g/mol. The normalized spacial score (nSPS) is 17.9. The summed E-state index contributed by atoms with van der Waals surface area (Å²) in [6.07, 6.45) is 1.20. The number of hydrogen-bond acceptors (Lipinski definition) is 4. The summed E-state index contributed by atoms with van der Waals surface area (Å²) in [5, 5.41) is 19.2. The molecule has 5 nitrogen and oxygen atoms in total. The van der Waals surface area contributed by atoms with E-state index in [0.29, 0.717) is 12.8 Å². The molecular formula is C14H23NO4. The molecule has 0 unspecified atom stereocenters. The number of benzene rings is 1. The molecule has 1 aliphatic heterocycles. The number of aryl methyl sites for hydroxylation is 2. The molecule has 1 aromatic rings. The van der Waals surface area contributed by atoms with E-state index in [1.54, 1.807) is 0 Å². The van der Waals surface area contributed by atoms with E-state index < -0.39 is 6.48 Å². The predicted molar refractivity (Wildman–Crippen MR) is 73.4 cm³/mol. The summed E-state index contributed by atoms with van der Waals surface area (Å²) in [6.45, 7) is 2.61. The lowest BCUT2D eigenvalue weighted by molar-refractivity contribution is -0.236. The number of rotatable bonds is 3. The van der Waals surface area contributed by atoms with Crippen LogP contribution in [0.3, 0.4) is 0 Å². The zero-order valence-corrected chi connectivity index (χ0v) is 11.3. The molecule has 5 heteroatoms. The third-order valence-corrected chi connectivity index (χ3v) is 2.75. The lowest BCUT2D eigenvalue weighted by Gasteiger charge is -2.10. The highest BCUT2D eigenvalue weighted by Gasteiger charge is 2.21. The van der Waals surface area contributed by atoms with Crippen LogP contribution in [0.15, 0.2) is 24.3 Å². The molecule has 0 spiro atoms. The Kier molecular flexibility index (Phi) is 6.49. The van der Waals surface area contributed by atoms with Gasteiger partial charge in [0.05, 0.1) is 12.6 Å². The minimum Gasteiger partial charge on any atom is -0.351 e. The summed E-state index contributed by atoms with van der Waals surface area (Å²) in [4.78, 5) is 10.6. The highest BCUT2D eigenvalue weighted by atomic mass is 16.7. The van der Waals surface area contributed by atoms with E-state index in [2.05, 4.69) is 48.2 Å². The molecule has 2 rings (SSSR count). The summed E-state index contributed by atoms with van der Waals surface area (Å²) in [7, 11) is 0. The fraction of sp³-hybridized carbons (Fsp3) is 0.500. The van der Waals surface area contributed by atoms with Crippen LogP contribution >= 0.6 is 0 Å². The lowest BCUT2D eigenvalue weighted by Crippen LogP contribution is -2.31. The van der Waals surface area contributed by atoms with Crippen LogP contribution in [-0.2, 0) is 9.53 Å². The molecule has 1 atom stereocenters. The van der Waals surface area contributed by atoms with Crippen molar-refractivity contribution in [1.29, 1.82) is 0 Å². The van der Waals surface area contributed by atoms with Crippen LogP contribution in [0.25, 0.3) is 0 Å². The molecule has 19 heavy (non-hydrogen) atoms. The first-order valence-corrected chi connectivity index (χ1v) is 6.27. The molecule has 1 amide bonds. The fourth-order valence-electron chi connectivity index (χ4n) is 1.64. The number of aliphatic hydroxyl groups is 2. The van der Waals surface area contributed by atoms with Gasteiger partial charge in [-0.05, 0) is 20.3 Å². The van der Waals surface area contributed by atoms with Crippen LogP contribution in [-0.4, -0.2) is 35.2 Å². The van der Waals surface area contributed by atoms with Gasteiger partial charge in [0.2, 0.25) is 5.91 Å². The molecule has 0 aromatic heterocycles. The Morgan fingerprint density at radius 2 is 1.84 bits per heavy atom. The van der Waals surface area contributed by atoms with Gasteiger partial charge < -0.3 is 20.3 Å². The molecule has 1 heterocycles. The largest absolute Gasteiger partial charge is 0.351 e. The second-order valence-corrected chi connectivity index (χ2v) is 4.62. The van der Waals surface area contributed by atoms with Gasteiger partial charge in [0.1, 0.15) is 0 Å². The van der Waals surface area contributed by atoms with Crippen molar-refractivity contribution in [1.82, 2.24) is 5.32 Å². The quantitative estimate of drug-likeness (QED) is 0.718. The molecule has 1 aliphatic rings. The Morgan fingerprint density at radius 3 is 2.21 bits per heavy atom. The van der Waals surface area contributed by atoms with Crippen molar-refractivity contribution in [2.45, 2.75) is 39.2 Å². The average Bonchev–Trinajstić information content (AvgIpc) is 2.77. The van der Waals surface area contributed by atoms with Crippen molar-refractivity contribution in [3.05, 3.63) is 35.4 Å². The topological polar surface area (TPSA) is 78.8 Å². The Balaban J connectivity index is 0.000000359. The van der Waals surface area contributed by atoms with Crippen molar-refractivity contribution < 1.29 is 21.2 Å². The van der Waals surface area contributed by atoms with Crippen molar-refractivity contribution in [2.24, 2.45) is 0 Å².